The number of aryl methyl sites for hydroxylation is 2. The maximum absolute atomic E-state index is 12.4. The topological polar surface area (TPSA) is 75.7 Å². The number of sulfonamides is 1. The van der Waals surface area contributed by atoms with Gasteiger partial charge in [-0.05, 0) is 61.2 Å². The first-order valence-electron chi connectivity index (χ1n) is 8.93. The molecule has 7 heteroatoms. The largest absolute Gasteiger partial charge is 0.492 e. The molecule has 1 N–H and O–H groups in total. The molecule has 0 bridgehead atoms. The number of anilines is 1. The Morgan fingerprint density at radius 2 is 2.04 bits per heavy atom. The summed E-state index contributed by atoms with van der Waals surface area (Å²) in [6, 6.07) is 12.9. The number of benzene rings is 2. The summed E-state index contributed by atoms with van der Waals surface area (Å²) in [5, 5.41) is 2.84. The van der Waals surface area contributed by atoms with Crippen molar-refractivity contribution >= 4 is 21.6 Å². The molecule has 3 rings (SSSR count). The van der Waals surface area contributed by atoms with Gasteiger partial charge in [-0.1, -0.05) is 12.1 Å². The molecule has 1 heterocycles. The van der Waals surface area contributed by atoms with E-state index in [0.29, 0.717) is 30.9 Å². The number of hydrogen-bond acceptors (Lipinski definition) is 4. The maximum atomic E-state index is 12.4. The number of nitrogens with one attached hydrogen (secondary N) is 1. The third-order valence-corrected chi connectivity index (χ3v) is 5.64. The highest BCUT2D eigenvalue weighted by Crippen LogP contribution is 2.29. The SMILES string of the molecule is Cc1cccc(OCCNC(=O)c2ccc3c(c2)CCCN3S(C)(=O)=O)c1. The first-order valence-corrected chi connectivity index (χ1v) is 10.8. The Hall–Kier alpha value is -2.54. The highest BCUT2D eigenvalue weighted by Gasteiger charge is 2.24. The van der Waals surface area contributed by atoms with E-state index in [0.717, 1.165) is 29.7 Å². The van der Waals surface area contributed by atoms with Crippen LogP contribution in [0.2, 0.25) is 0 Å². The van der Waals surface area contributed by atoms with E-state index in [-0.39, 0.29) is 5.91 Å². The molecule has 0 aromatic heterocycles. The van der Waals surface area contributed by atoms with Gasteiger partial charge in [0.2, 0.25) is 10.0 Å². The molecule has 0 radical (unpaired) electrons. The smallest absolute Gasteiger partial charge is 0.251 e. The third-order valence-electron chi connectivity index (χ3n) is 4.46. The molecule has 2 aromatic carbocycles. The number of nitrogens with zero attached hydrogens (tertiary/aromatic N) is 1. The van der Waals surface area contributed by atoms with Crippen molar-refractivity contribution in [1.29, 1.82) is 0 Å². The summed E-state index contributed by atoms with van der Waals surface area (Å²) in [6.07, 6.45) is 2.71. The van der Waals surface area contributed by atoms with Crippen LogP contribution < -0.4 is 14.4 Å². The van der Waals surface area contributed by atoms with Crippen LogP contribution in [0.15, 0.2) is 42.5 Å². The highest BCUT2D eigenvalue weighted by atomic mass is 32.2. The van der Waals surface area contributed by atoms with Crippen LogP contribution in [0.5, 0.6) is 5.75 Å². The molecule has 144 valence electrons. The fourth-order valence-electron chi connectivity index (χ4n) is 3.19. The van der Waals surface area contributed by atoms with Gasteiger partial charge in [-0.25, -0.2) is 8.42 Å². The van der Waals surface area contributed by atoms with Crippen LogP contribution in [0.3, 0.4) is 0 Å². The van der Waals surface area contributed by atoms with Crippen molar-refractivity contribution in [2.75, 3.05) is 30.3 Å². The average Bonchev–Trinajstić information content (AvgIpc) is 2.63. The van der Waals surface area contributed by atoms with Crippen molar-refractivity contribution in [2.24, 2.45) is 0 Å². The first-order chi connectivity index (χ1) is 12.8. The van der Waals surface area contributed by atoms with Crippen molar-refractivity contribution in [2.45, 2.75) is 19.8 Å². The Morgan fingerprint density at radius 3 is 2.78 bits per heavy atom. The monoisotopic (exact) mass is 388 g/mol. The Kier molecular flexibility index (Phi) is 5.70. The van der Waals surface area contributed by atoms with Gasteiger partial charge < -0.3 is 10.1 Å². The van der Waals surface area contributed by atoms with E-state index in [4.69, 9.17) is 4.74 Å². The molecule has 0 fully saturated rings. The number of carbonyl (C=O) groups is 1. The van der Waals surface area contributed by atoms with E-state index < -0.39 is 10.0 Å². The summed E-state index contributed by atoms with van der Waals surface area (Å²) >= 11 is 0. The van der Waals surface area contributed by atoms with Crippen molar-refractivity contribution in [3.05, 3.63) is 59.2 Å². The van der Waals surface area contributed by atoms with Crippen LogP contribution in [-0.2, 0) is 16.4 Å². The van der Waals surface area contributed by atoms with Crippen molar-refractivity contribution in [1.82, 2.24) is 5.32 Å². The summed E-state index contributed by atoms with van der Waals surface area (Å²) in [6.45, 7) is 3.24. The molecule has 1 aliphatic heterocycles. The van der Waals surface area contributed by atoms with Gasteiger partial charge in [-0.2, -0.15) is 0 Å². The minimum absolute atomic E-state index is 0.192. The van der Waals surface area contributed by atoms with Crippen LogP contribution in [0.1, 0.15) is 27.9 Å². The molecule has 2 aromatic rings. The van der Waals surface area contributed by atoms with Gasteiger partial charge in [0.05, 0.1) is 18.5 Å². The number of fused-ring (bicyclic) bond motifs is 1. The number of ether oxygens (including phenoxy) is 1. The Labute approximate surface area is 160 Å². The molecule has 1 amide bonds. The summed E-state index contributed by atoms with van der Waals surface area (Å²) in [7, 11) is -3.30. The van der Waals surface area contributed by atoms with E-state index in [1.807, 2.05) is 31.2 Å². The second-order valence-corrected chi connectivity index (χ2v) is 8.61. The zero-order chi connectivity index (χ0) is 19.4. The van der Waals surface area contributed by atoms with Gasteiger partial charge >= 0.3 is 0 Å². The molecule has 27 heavy (non-hydrogen) atoms. The van der Waals surface area contributed by atoms with E-state index >= 15 is 0 Å². The number of hydrogen-bond donors (Lipinski definition) is 1. The van der Waals surface area contributed by atoms with Gasteiger partial charge in [0, 0.05) is 12.1 Å². The second-order valence-electron chi connectivity index (χ2n) is 6.70. The van der Waals surface area contributed by atoms with E-state index in [1.165, 1.54) is 10.6 Å². The summed E-state index contributed by atoms with van der Waals surface area (Å²) in [4.78, 5) is 12.4. The summed E-state index contributed by atoms with van der Waals surface area (Å²) in [5.74, 6) is 0.584. The van der Waals surface area contributed by atoms with Crippen LogP contribution in [-0.4, -0.2) is 40.3 Å². The first kappa shape index (κ1) is 19.2. The van der Waals surface area contributed by atoms with E-state index in [2.05, 4.69) is 5.32 Å². The van der Waals surface area contributed by atoms with Crippen LogP contribution in [0, 0.1) is 6.92 Å². The lowest BCUT2D eigenvalue weighted by Gasteiger charge is -2.29. The number of amides is 1. The van der Waals surface area contributed by atoms with Crippen LogP contribution in [0.4, 0.5) is 5.69 Å². The Bertz CT molecular complexity index is 941. The lowest BCUT2D eigenvalue weighted by atomic mass is 10.0. The highest BCUT2D eigenvalue weighted by molar-refractivity contribution is 7.92. The van der Waals surface area contributed by atoms with Crippen LogP contribution in [0.25, 0.3) is 0 Å². The van der Waals surface area contributed by atoms with Crippen molar-refractivity contribution in [3.8, 4) is 5.75 Å². The minimum atomic E-state index is -3.30. The normalized spacial score (nSPS) is 13.8. The average molecular weight is 388 g/mol. The van der Waals surface area contributed by atoms with Gasteiger partial charge in [0.25, 0.3) is 5.91 Å². The molecule has 0 atom stereocenters. The summed E-state index contributed by atoms with van der Waals surface area (Å²) in [5.41, 5.74) is 3.20. The van der Waals surface area contributed by atoms with E-state index in [9.17, 15) is 13.2 Å². The number of rotatable bonds is 6. The molecule has 1 aliphatic rings. The van der Waals surface area contributed by atoms with E-state index in [1.54, 1.807) is 18.2 Å². The molecule has 0 saturated heterocycles. The maximum Gasteiger partial charge on any atom is 0.251 e. The van der Waals surface area contributed by atoms with Crippen molar-refractivity contribution < 1.29 is 17.9 Å². The molecule has 0 saturated carbocycles. The fourth-order valence-corrected chi connectivity index (χ4v) is 4.19. The van der Waals surface area contributed by atoms with Gasteiger partial charge in [0.15, 0.2) is 0 Å². The van der Waals surface area contributed by atoms with Crippen molar-refractivity contribution in [3.63, 3.8) is 0 Å². The lowest BCUT2D eigenvalue weighted by molar-refractivity contribution is 0.0947. The molecule has 6 nitrogen and oxygen atoms in total. The number of carbonyl (C=O) groups excluding carboxylic acids is 1. The molecular formula is C20H24N2O4S. The van der Waals surface area contributed by atoms with Gasteiger partial charge in [0.1, 0.15) is 12.4 Å². The summed E-state index contributed by atoms with van der Waals surface area (Å²) < 4.78 is 30.9. The third kappa shape index (κ3) is 4.80. The Morgan fingerprint density at radius 1 is 1.22 bits per heavy atom. The predicted molar refractivity (Wildman–Crippen MR) is 106 cm³/mol. The lowest BCUT2D eigenvalue weighted by Crippen LogP contribution is -2.35. The van der Waals surface area contributed by atoms with Gasteiger partial charge in [-0.3, -0.25) is 9.10 Å². The quantitative estimate of drug-likeness (QED) is 0.772. The zero-order valence-electron chi connectivity index (χ0n) is 15.6. The van der Waals surface area contributed by atoms with Gasteiger partial charge in [-0.15, -0.1) is 0 Å². The predicted octanol–water partition coefficient (Wildman–Crippen LogP) is 2.52. The zero-order valence-corrected chi connectivity index (χ0v) is 16.4. The minimum Gasteiger partial charge on any atom is -0.492 e. The Balaban J connectivity index is 1.59. The standard InChI is InChI=1S/C20H24N2O4S/c1-15-5-3-7-18(13-15)26-12-10-21-20(23)17-8-9-19-16(14-17)6-4-11-22(19)27(2,24)25/h3,5,7-9,13-14H,4,6,10-12H2,1-2H3,(H,21,23). The second kappa shape index (κ2) is 8.00. The molecule has 0 unspecified atom stereocenters. The van der Waals surface area contributed by atoms with Crippen LogP contribution >= 0.6 is 0 Å². The molecular weight excluding hydrogens is 364 g/mol. The molecule has 0 spiro atoms. The molecule has 0 aliphatic carbocycles. The fraction of sp³-hybridized carbons (Fsp3) is 0.350.